The van der Waals surface area contributed by atoms with Crippen molar-refractivity contribution in [2.24, 2.45) is 0 Å². The van der Waals surface area contributed by atoms with Crippen molar-refractivity contribution in [1.29, 1.82) is 0 Å². The molecule has 0 bridgehead atoms. The van der Waals surface area contributed by atoms with E-state index in [0.29, 0.717) is 12.5 Å². The number of benzene rings is 1. The lowest BCUT2D eigenvalue weighted by molar-refractivity contribution is -0.129. The topological polar surface area (TPSA) is 66.3 Å². The van der Waals surface area contributed by atoms with Crippen LogP contribution in [-0.4, -0.2) is 76.0 Å². The molecule has 1 aromatic heterocycles. The van der Waals surface area contributed by atoms with E-state index in [9.17, 15) is 4.79 Å². The number of hydrogen-bond acceptors (Lipinski definition) is 5. The molecule has 4 rings (SSSR count). The Morgan fingerprint density at radius 3 is 2.63 bits per heavy atom. The fourth-order valence-corrected chi connectivity index (χ4v) is 4.02. The molecule has 1 amide bonds. The smallest absolute Gasteiger partial charge is 0.228 e. The van der Waals surface area contributed by atoms with Crippen LogP contribution >= 0.6 is 0 Å². The minimum Gasteiger partial charge on any atom is -0.341 e. The summed E-state index contributed by atoms with van der Waals surface area (Å²) in [5.41, 5.74) is 3.89. The van der Waals surface area contributed by atoms with Crippen LogP contribution in [0, 0.1) is 13.8 Å². The zero-order valence-electron chi connectivity index (χ0n) is 16.2. The Hall–Kier alpha value is -2.25. The number of rotatable bonds is 4. The number of nitrogens with zero attached hydrogens (tertiary/aromatic N) is 5. The second-order valence-electron chi connectivity index (χ2n) is 7.61. The second kappa shape index (κ2) is 7.78. The lowest BCUT2D eigenvalue weighted by Crippen LogP contribution is -2.49. The van der Waals surface area contributed by atoms with Gasteiger partial charge in [-0.25, -0.2) is 4.68 Å². The highest BCUT2D eigenvalue weighted by molar-refractivity contribution is 5.79. The van der Waals surface area contributed by atoms with Gasteiger partial charge in [0, 0.05) is 45.3 Å². The molecule has 2 aromatic rings. The summed E-state index contributed by atoms with van der Waals surface area (Å²) >= 11 is 0. The van der Waals surface area contributed by atoms with E-state index in [4.69, 9.17) is 0 Å². The summed E-state index contributed by atoms with van der Waals surface area (Å²) in [5.74, 6) is 0.159. The molecule has 1 N–H and O–H groups in total. The van der Waals surface area contributed by atoms with Gasteiger partial charge in [-0.15, -0.1) is 5.10 Å². The molecule has 1 aromatic carbocycles. The highest BCUT2D eigenvalue weighted by Gasteiger charge is 2.31. The molecule has 2 aliphatic rings. The van der Waals surface area contributed by atoms with Gasteiger partial charge in [0.05, 0.1) is 23.5 Å². The minimum atomic E-state index is 0.159. The molecular formula is C20H28N6O. The first kappa shape index (κ1) is 18.1. The van der Waals surface area contributed by atoms with Crippen molar-refractivity contribution in [1.82, 2.24) is 30.1 Å². The summed E-state index contributed by atoms with van der Waals surface area (Å²) in [4.78, 5) is 17.3. The summed E-state index contributed by atoms with van der Waals surface area (Å²) in [6.07, 6.45) is 1.40. The Balaban J connectivity index is 1.39. The predicted molar refractivity (Wildman–Crippen MR) is 104 cm³/mol. The molecule has 0 spiro atoms. The zero-order chi connectivity index (χ0) is 18.8. The highest BCUT2D eigenvalue weighted by atomic mass is 16.2. The first-order valence-electron chi connectivity index (χ1n) is 9.82. The summed E-state index contributed by atoms with van der Waals surface area (Å²) in [6, 6.07) is 8.67. The standard InChI is InChI=1S/C20H28N6O/c1-15-3-5-17(6-4-15)26-16(2)19(22-23-26)13-20(27)25-10-7-18(14-25)24-11-8-21-9-12-24/h3-6,18,21H,7-14H2,1-2H3. The van der Waals surface area contributed by atoms with Crippen LogP contribution in [0.2, 0.25) is 0 Å². The lowest BCUT2D eigenvalue weighted by Gasteiger charge is -2.32. The van der Waals surface area contributed by atoms with Crippen LogP contribution in [0.15, 0.2) is 24.3 Å². The van der Waals surface area contributed by atoms with Crippen molar-refractivity contribution < 1.29 is 4.79 Å². The largest absolute Gasteiger partial charge is 0.341 e. The first-order valence-corrected chi connectivity index (χ1v) is 9.82. The predicted octanol–water partition coefficient (Wildman–Crippen LogP) is 0.933. The lowest BCUT2D eigenvalue weighted by atomic mass is 10.2. The van der Waals surface area contributed by atoms with Crippen molar-refractivity contribution in [3.8, 4) is 5.69 Å². The molecule has 2 fully saturated rings. The van der Waals surface area contributed by atoms with E-state index in [1.807, 2.05) is 28.6 Å². The summed E-state index contributed by atoms with van der Waals surface area (Å²) < 4.78 is 1.82. The van der Waals surface area contributed by atoms with Crippen molar-refractivity contribution in [3.05, 3.63) is 41.2 Å². The number of hydrogen-bond donors (Lipinski definition) is 1. The molecule has 144 valence electrons. The van der Waals surface area contributed by atoms with Gasteiger partial charge in [0.15, 0.2) is 0 Å². The van der Waals surface area contributed by atoms with Crippen LogP contribution in [0.5, 0.6) is 0 Å². The number of carbonyl (C=O) groups excluding carboxylic acids is 1. The van der Waals surface area contributed by atoms with Crippen molar-refractivity contribution in [2.75, 3.05) is 39.3 Å². The molecule has 7 heteroatoms. The maximum Gasteiger partial charge on any atom is 0.228 e. The molecule has 3 heterocycles. The summed E-state index contributed by atoms with van der Waals surface area (Å²) in [7, 11) is 0. The SMILES string of the molecule is Cc1ccc(-n2nnc(CC(=O)N3CCC(N4CCNCC4)C3)c2C)cc1. The number of carbonyl (C=O) groups is 1. The third-order valence-corrected chi connectivity index (χ3v) is 5.77. The number of aryl methyl sites for hydroxylation is 1. The van der Waals surface area contributed by atoms with E-state index >= 15 is 0 Å². The quantitative estimate of drug-likeness (QED) is 0.870. The van der Waals surface area contributed by atoms with Crippen molar-refractivity contribution in [3.63, 3.8) is 0 Å². The third kappa shape index (κ3) is 3.89. The monoisotopic (exact) mass is 368 g/mol. The Morgan fingerprint density at radius 2 is 1.89 bits per heavy atom. The first-order chi connectivity index (χ1) is 13.1. The summed E-state index contributed by atoms with van der Waals surface area (Å²) in [6.45, 7) is 9.98. The van der Waals surface area contributed by atoms with E-state index in [2.05, 4.69) is 39.6 Å². The Kier molecular flexibility index (Phi) is 5.22. The van der Waals surface area contributed by atoms with Gasteiger partial charge in [-0.1, -0.05) is 22.9 Å². The van der Waals surface area contributed by atoms with E-state index in [1.54, 1.807) is 0 Å². The van der Waals surface area contributed by atoms with E-state index in [1.165, 1.54) is 5.56 Å². The Labute approximate surface area is 160 Å². The molecule has 0 aliphatic carbocycles. The number of aromatic nitrogens is 3. The van der Waals surface area contributed by atoms with Gasteiger partial charge >= 0.3 is 0 Å². The van der Waals surface area contributed by atoms with E-state index in [-0.39, 0.29) is 5.91 Å². The second-order valence-corrected chi connectivity index (χ2v) is 7.61. The zero-order valence-corrected chi connectivity index (χ0v) is 16.2. The van der Waals surface area contributed by atoms with Gasteiger partial charge in [-0.2, -0.15) is 0 Å². The summed E-state index contributed by atoms with van der Waals surface area (Å²) in [5, 5.41) is 11.9. The van der Waals surface area contributed by atoms with Gasteiger partial charge in [0.25, 0.3) is 0 Å². The number of piperazine rings is 1. The number of amides is 1. The van der Waals surface area contributed by atoms with E-state index in [0.717, 1.165) is 62.8 Å². The maximum absolute atomic E-state index is 12.8. The van der Waals surface area contributed by atoms with E-state index < -0.39 is 0 Å². The van der Waals surface area contributed by atoms with Crippen LogP contribution in [-0.2, 0) is 11.2 Å². The fraction of sp³-hybridized carbons (Fsp3) is 0.550. The van der Waals surface area contributed by atoms with Gasteiger partial charge in [-0.05, 0) is 32.4 Å². The van der Waals surface area contributed by atoms with Gasteiger partial charge in [0.2, 0.25) is 5.91 Å². The van der Waals surface area contributed by atoms with Crippen molar-refractivity contribution >= 4 is 5.91 Å². The average molecular weight is 368 g/mol. The van der Waals surface area contributed by atoms with Crippen LogP contribution in [0.25, 0.3) is 5.69 Å². The maximum atomic E-state index is 12.8. The minimum absolute atomic E-state index is 0.159. The number of nitrogens with one attached hydrogen (secondary N) is 1. The molecule has 2 aliphatic heterocycles. The molecule has 2 saturated heterocycles. The molecule has 0 saturated carbocycles. The van der Waals surface area contributed by atoms with Gasteiger partial charge < -0.3 is 10.2 Å². The van der Waals surface area contributed by atoms with Crippen LogP contribution in [0.4, 0.5) is 0 Å². The Bertz CT molecular complexity index is 793. The molecular weight excluding hydrogens is 340 g/mol. The molecule has 27 heavy (non-hydrogen) atoms. The molecule has 0 radical (unpaired) electrons. The molecule has 1 unspecified atom stereocenters. The van der Waals surface area contributed by atoms with Crippen LogP contribution in [0.3, 0.4) is 0 Å². The van der Waals surface area contributed by atoms with Gasteiger partial charge in [0.1, 0.15) is 0 Å². The van der Waals surface area contributed by atoms with Gasteiger partial charge in [-0.3, -0.25) is 9.69 Å². The normalized spacial score (nSPS) is 21.0. The Morgan fingerprint density at radius 1 is 1.15 bits per heavy atom. The van der Waals surface area contributed by atoms with Crippen LogP contribution < -0.4 is 5.32 Å². The fourth-order valence-electron chi connectivity index (χ4n) is 4.02. The third-order valence-electron chi connectivity index (χ3n) is 5.77. The molecule has 1 atom stereocenters. The van der Waals surface area contributed by atoms with Crippen LogP contribution in [0.1, 0.15) is 23.4 Å². The highest BCUT2D eigenvalue weighted by Crippen LogP contribution is 2.19. The van der Waals surface area contributed by atoms with Crippen molar-refractivity contribution in [2.45, 2.75) is 32.7 Å². The average Bonchev–Trinajstić information content (AvgIpc) is 3.31. The molecule has 7 nitrogen and oxygen atoms in total. The number of likely N-dealkylation sites (tertiary alicyclic amines) is 1.